The molecule has 0 N–H and O–H groups in total. The van der Waals surface area contributed by atoms with E-state index in [1.807, 2.05) is 0 Å². The predicted octanol–water partition coefficient (Wildman–Crippen LogP) is 11.4. The van der Waals surface area contributed by atoms with E-state index in [4.69, 9.17) is 22.1 Å². The number of benzene rings is 3. The molecular formula is C35H50O2S. The fourth-order valence-electron chi connectivity index (χ4n) is 4.68. The molecule has 0 saturated heterocycles. The zero-order valence-corrected chi connectivity index (χ0v) is 23.9. The molecule has 0 amide bonds. The fraction of sp³-hybridized carbons (Fsp3) is 0.486. The van der Waals surface area contributed by atoms with Gasteiger partial charge in [0.25, 0.3) is 0 Å². The minimum Gasteiger partial charge on any atom is -0.494 e. The SMILES string of the molecule is C.CCCCCCCCOc1ccc(-c2cccc(S)c2-c2ccc(OCCCCCCCC)cc2)cc1. The van der Waals surface area contributed by atoms with Crippen molar-refractivity contribution in [3.63, 3.8) is 0 Å². The second-order valence-corrected chi connectivity index (χ2v) is 10.5. The zero-order chi connectivity index (χ0) is 26.1. The Bertz CT molecular complexity index is 1010. The third-order valence-corrected chi connectivity index (χ3v) is 7.26. The van der Waals surface area contributed by atoms with E-state index in [9.17, 15) is 0 Å². The van der Waals surface area contributed by atoms with Crippen LogP contribution in [0.2, 0.25) is 0 Å². The number of unbranched alkanes of at least 4 members (excludes halogenated alkanes) is 10. The average Bonchev–Trinajstić information content (AvgIpc) is 2.93. The molecule has 3 rings (SSSR count). The van der Waals surface area contributed by atoms with Crippen LogP contribution in [0, 0.1) is 0 Å². The maximum atomic E-state index is 5.99. The van der Waals surface area contributed by atoms with Gasteiger partial charge in [0.15, 0.2) is 0 Å². The average molecular weight is 535 g/mol. The van der Waals surface area contributed by atoms with E-state index in [1.165, 1.54) is 75.3 Å². The molecular weight excluding hydrogens is 484 g/mol. The minimum absolute atomic E-state index is 0. The van der Waals surface area contributed by atoms with E-state index in [0.29, 0.717) is 0 Å². The van der Waals surface area contributed by atoms with E-state index in [0.717, 1.165) is 53.6 Å². The van der Waals surface area contributed by atoms with Gasteiger partial charge in [0, 0.05) is 10.5 Å². The molecule has 38 heavy (non-hydrogen) atoms. The quantitative estimate of drug-likeness (QED) is 0.129. The number of hydrogen-bond acceptors (Lipinski definition) is 3. The summed E-state index contributed by atoms with van der Waals surface area (Å²) in [5.74, 6) is 1.87. The van der Waals surface area contributed by atoms with E-state index in [1.54, 1.807) is 0 Å². The summed E-state index contributed by atoms with van der Waals surface area (Å²) in [7, 11) is 0. The summed E-state index contributed by atoms with van der Waals surface area (Å²) in [6, 6.07) is 23.2. The van der Waals surface area contributed by atoms with Crippen LogP contribution in [0.5, 0.6) is 11.5 Å². The molecule has 2 nitrogen and oxygen atoms in total. The van der Waals surface area contributed by atoms with Crippen LogP contribution in [0.3, 0.4) is 0 Å². The zero-order valence-electron chi connectivity index (χ0n) is 23.0. The van der Waals surface area contributed by atoms with Crippen LogP contribution < -0.4 is 9.47 Å². The first-order chi connectivity index (χ1) is 18.2. The lowest BCUT2D eigenvalue weighted by Crippen LogP contribution is -1.97. The van der Waals surface area contributed by atoms with Gasteiger partial charge in [0.1, 0.15) is 11.5 Å². The van der Waals surface area contributed by atoms with Crippen LogP contribution in [0.1, 0.15) is 98.3 Å². The number of ether oxygens (including phenoxy) is 2. The van der Waals surface area contributed by atoms with Crippen molar-refractivity contribution < 1.29 is 9.47 Å². The number of rotatable bonds is 18. The lowest BCUT2D eigenvalue weighted by Gasteiger charge is -2.14. The first-order valence-electron chi connectivity index (χ1n) is 14.5. The molecule has 0 spiro atoms. The highest BCUT2D eigenvalue weighted by Crippen LogP contribution is 2.38. The van der Waals surface area contributed by atoms with E-state index in [-0.39, 0.29) is 7.43 Å². The molecule has 208 valence electrons. The second kappa shape index (κ2) is 18.8. The van der Waals surface area contributed by atoms with Crippen LogP contribution in [0.25, 0.3) is 22.3 Å². The van der Waals surface area contributed by atoms with Crippen molar-refractivity contribution in [1.29, 1.82) is 0 Å². The van der Waals surface area contributed by atoms with Crippen molar-refractivity contribution in [2.75, 3.05) is 13.2 Å². The Morgan fingerprint density at radius 1 is 0.526 bits per heavy atom. The number of thiol groups is 1. The Balaban J connectivity index is 0.00000507. The molecule has 0 fully saturated rings. The van der Waals surface area contributed by atoms with Gasteiger partial charge >= 0.3 is 0 Å². The highest BCUT2D eigenvalue weighted by atomic mass is 32.1. The van der Waals surface area contributed by atoms with Gasteiger partial charge in [-0.3, -0.25) is 0 Å². The summed E-state index contributed by atoms with van der Waals surface area (Å²) < 4.78 is 12.0. The molecule has 0 radical (unpaired) electrons. The summed E-state index contributed by atoms with van der Waals surface area (Å²) in [6.45, 7) is 6.08. The summed E-state index contributed by atoms with van der Waals surface area (Å²) >= 11 is 4.81. The van der Waals surface area contributed by atoms with E-state index in [2.05, 4.69) is 80.6 Å². The predicted molar refractivity (Wildman–Crippen MR) is 169 cm³/mol. The fourth-order valence-corrected chi connectivity index (χ4v) is 5.01. The van der Waals surface area contributed by atoms with Crippen molar-refractivity contribution in [2.45, 2.75) is 103 Å². The molecule has 3 aromatic rings. The van der Waals surface area contributed by atoms with Crippen molar-refractivity contribution in [3.8, 4) is 33.8 Å². The molecule has 0 bridgehead atoms. The number of hydrogen-bond donors (Lipinski definition) is 1. The Morgan fingerprint density at radius 2 is 0.974 bits per heavy atom. The first-order valence-corrected chi connectivity index (χ1v) is 15.0. The van der Waals surface area contributed by atoms with Crippen molar-refractivity contribution >= 4 is 12.6 Å². The third-order valence-electron chi connectivity index (χ3n) is 6.88. The molecule has 0 aromatic heterocycles. The highest BCUT2D eigenvalue weighted by molar-refractivity contribution is 7.80. The molecule has 0 unspecified atom stereocenters. The topological polar surface area (TPSA) is 18.5 Å². The van der Waals surface area contributed by atoms with Crippen molar-refractivity contribution in [3.05, 3.63) is 66.7 Å². The van der Waals surface area contributed by atoms with E-state index < -0.39 is 0 Å². The molecule has 0 atom stereocenters. The summed E-state index contributed by atoms with van der Waals surface area (Å²) in [5, 5.41) is 0. The Morgan fingerprint density at radius 3 is 1.47 bits per heavy atom. The Labute approximate surface area is 238 Å². The molecule has 3 aromatic carbocycles. The molecule has 0 heterocycles. The summed E-state index contributed by atoms with van der Waals surface area (Å²) in [4.78, 5) is 0.974. The van der Waals surface area contributed by atoms with Gasteiger partial charge in [-0.25, -0.2) is 0 Å². The largest absolute Gasteiger partial charge is 0.494 e. The lowest BCUT2D eigenvalue weighted by atomic mass is 9.94. The maximum absolute atomic E-state index is 5.99. The van der Waals surface area contributed by atoms with Crippen LogP contribution in [-0.4, -0.2) is 13.2 Å². The highest BCUT2D eigenvalue weighted by Gasteiger charge is 2.11. The van der Waals surface area contributed by atoms with Crippen molar-refractivity contribution in [2.24, 2.45) is 0 Å². The van der Waals surface area contributed by atoms with Crippen LogP contribution in [0.15, 0.2) is 71.6 Å². The van der Waals surface area contributed by atoms with Gasteiger partial charge in [-0.05, 0) is 59.9 Å². The van der Waals surface area contributed by atoms with Gasteiger partial charge in [-0.2, -0.15) is 0 Å². The standard InChI is InChI=1S/C34H46O2S.CH4/c1-3-5-7-9-11-13-26-35-30-22-18-28(19-23-30)32-16-15-17-33(37)34(32)29-20-24-31(25-21-29)36-27-14-12-10-8-6-4-2;/h15-25,37H,3-14,26-27H2,1-2H3;1H4. The van der Waals surface area contributed by atoms with E-state index >= 15 is 0 Å². The van der Waals surface area contributed by atoms with Gasteiger partial charge in [-0.1, -0.05) is 122 Å². The Kier molecular flexibility index (Phi) is 15.7. The van der Waals surface area contributed by atoms with Gasteiger partial charge in [-0.15, -0.1) is 12.6 Å². The molecule has 0 aliphatic heterocycles. The van der Waals surface area contributed by atoms with Crippen LogP contribution in [0.4, 0.5) is 0 Å². The summed E-state index contributed by atoms with van der Waals surface area (Å²) in [5.41, 5.74) is 4.64. The smallest absolute Gasteiger partial charge is 0.119 e. The molecule has 0 aliphatic carbocycles. The third kappa shape index (κ3) is 10.8. The van der Waals surface area contributed by atoms with Gasteiger partial charge < -0.3 is 9.47 Å². The summed E-state index contributed by atoms with van der Waals surface area (Å²) in [6.07, 6.45) is 15.3. The Hall–Kier alpha value is -2.39. The van der Waals surface area contributed by atoms with Gasteiger partial charge in [0.05, 0.1) is 13.2 Å². The normalized spacial score (nSPS) is 10.7. The van der Waals surface area contributed by atoms with Crippen molar-refractivity contribution in [1.82, 2.24) is 0 Å². The molecule has 3 heteroatoms. The van der Waals surface area contributed by atoms with Crippen LogP contribution >= 0.6 is 12.6 Å². The maximum Gasteiger partial charge on any atom is 0.119 e. The van der Waals surface area contributed by atoms with Crippen LogP contribution in [-0.2, 0) is 0 Å². The second-order valence-electron chi connectivity index (χ2n) is 9.98. The molecule has 0 saturated carbocycles. The van der Waals surface area contributed by atoms with Gasteiger partial charge in [0.2, 0.25) is 0 Å². The monoisotopic (exact) mass is 534 g/mol. The lowest BCUT2D eigenvalue weighted by molar-refractivity contribution is 0.304. The molecule has 0 aliphatic rings. The minimum atomic E-state index is 0. The first kappa shape index (κ1) is 31.8.